The molecule has 1 aliphatic rings. The highest BCUT2D eigenvalue weighted by molar-refractivity contribution is 5.94. The molecule has 1 N–H and O–H groups in total. The second-order valence-electron chi connectivity index (χ2n) is 4.23. The third-order valence-corrected chi connectivity index (χ3v) is 3.20. The summed E-state index contributed by atoms with van der Waals surface area (Å²) in [4.78, 5) is 10.9. The van der Waals surface area contributed by atoms with Crippen LogP contribution in [0.25, 0.3) is 11.0 Å². The number of fused-ring (bicyclic) bond motifs is 3. The lowest BCUT2D eigenvalue weighted by molar-refractivity contribution is 0.0697. The van der Waals surface area contributed by atoms with Crippen LogP contribution >= 0.6 is 0 Å². The zero-order valence-corrected chi connectivity index (χ0v) is 8.82. The van der Waals surface area contributed by atoms with Crippen LogP contribution < -0.4 is 0 Å². The molecule has 1 heterocycles. The molecule has 1 aromatic heterocycles. The molecule has 2 aromatic rings. The highest BCUT2D eigenvalue weighted by Crippen LogP contribution is 2.32. The van der Waals surface area contributed by atoms with E-state index in [1.54, 1.807) is 18.2 Å². The fraction of sp³-hybridized carbons (Fsp3) is 0.308. The number of rotatable bonds is 1. The van der Waals surface area contributed by atoms with E-state index in [0.29, 0.717) is 5.56 Å². The van der Waals surface area contributed by atoms with Crippen molar-refractivity contribution in [3.63, 3.8) is 0 Å². The van der Waals surface area contributed by atoms with Crippen LogP contribution in [0.15, 0.2) is 22.6 Å². The van der Waals surface area contributed by atoms with Crippen molar-refractivity contribution in [1.82, 2.24) is 0 Å². The third kappa shape index (κ3) is 1.32. The molecule has 16 heavy (non-hydrogen) atoms. The van der Waals surface area contributed by atoms with Gasteiger partial charge >= 0.3 is 5.97 Å². The number of aromatic carboxylic acids is 1. The lowest BCUT2D eigenvalue weighted by Gasteiger charge is -2.08. The lowest BCUT2D eigenvalue weighted by Crippen LogP contribution is -1.99. The van der Waals surface area contributed by atoms with Crippen LogP contribution in [0.5, 0.6) is 0 Å². The molecule has 1 aromatic carbocycles. The Bertz CT molecular complexity index is 566. The first-order valence-electron chi connectivity index (χ1n) is 5.53. The van der Waals surface area contributed by atoms with Gasteiger partial charge in [0.1, 0.15) is 11.3 Å². The van der Waals surface area contributed by atoms with Gasteiger partial charge in [-0.2, -0.15) is 0 Å². The Kier molecular flexibility index (Phi) is 1.99. The van der Waals surface area contributed by atoms with Gasteiger partial charge in [0.25, 0.3) is 0 Å². The molecule has 0 saturated heterocycles. The molecule has 3 heteroatoms. The van der Waals surface area contributed by atoms with E-state index >= 15 is 0 Å². The Labute approximate surface area is 92.7 Å². The van der Waals surface area contributed by atoms with Gasteiger partial charge in [-0.25, -0.2) is 4.79 Å². The quantitative estimate of drug-likeness (QED) is 0.797. The summed E-state index contributed by atoms with van der Waals surface area (Å²) in [6.45, 7) is 0. The average molecular weight is 216 g/mol. The predicted molar refractivity (Wildman–Crippen MR) is 59.8 cm³/mol. The minimum atomic E-state index is -0.882. The first-order valence-corrected chi connectivity index (χ1v) is 5.53. The lowest BCUT2D eigenvalue weighted by atomic mass is 9.95. The zero-order chi connectivity index (χ0) is 11.1. The second kappa shape index (κ2) is 3.37. The fourth-order valence-corrected chi connectivity index (χ4v) is 2.40. The maximum atomic E-state index is 10.9. The summed E-state index contributed by atoms with van der Waals surface area (Å²) < 4.78 is 5.73. The predicted octanol–water partition coefficient (Wildman–Crippen LogP) is 3.01. The van der Waals surface area contributed by atoms with Crippen LogP contribution in [0, 0.1) is 0 Å². The standard InChI is InChI=1S/C13H12O3/c14-13(15)8-5-6-12-10(7-8)9-3-1-2-4-11(9)16-12/h5-7H,1-4H2,(H,14,15). The molecule has 0 saturated carbocycles. The first-order chi connectivity index (χ1) is 7.75. The molecule has 1 aliphatic carbocycles. The number of hydrogen-bond acceptors (Lipinski definition) is 2. The molecule has 3 nitrogen and oxygen atoms in total. The highest BCUT2D eigenvalue weighted by atomic mass is 16.4. The Morgan fingerprint density at radius 3 is 2.88 bits per heavy atom. The largest absolute Gasteiger partial charge is 0.478 e. The third-order valence-electron chi connectivity index (χ3n) is 3.20. The van der Waals surface area contributed by atoms with Crippen LogP contribution in [0.3, 0.4) is 0 Å². The monoisotopic (exact) mass is 216 g/mol. The summed E-state index contributed by atoms with van der Waals surface area (Å²) in [5.74, 6) is 0.163. The van der Waals surface area contributed by atoms with Crippen LogP contribution in [0.1, 0.15) is 34.5 Å². The maximum absolute atomic E-state index is 10.9. The van der Waals surface area contributed by atoms with E-state index in [0.717, 1.165) is 29.6 Å². The van der Waals surface area contributed by atoms with Crippen molar-refractivity contribution in [2.75, 3.05) is 0 Å². The van der Waals surface area contributed by atoms with E-state index < -0.39 is 5.97 Å². The molecule has 0 aliphatic heterocycles. The van der Waals surface area contributed by atoms with Crippen LogP contribution in [-0.2, 0) is 12.8 Å². The first kappa shape index (κ1) is 9.46. The van der Waals surface area contributed by atoms with Crippen molar-refractivity contribution in [1.29, 1.82) is 0 Å². The molecule has 0 bridgehead atoms. The summed E-state index contributed by atoms with van der Waals surface area (Å²) in [6.07, 6.45) is 4.31. The van der Waals surface area contributed by atoms with E-state index in [2.05, 4.69) is 0 Å². The Morgan fingerprint density at radius 1 is 1.25 bits per heavy atom. The Balaban J connectivity index is 2.25. The van der Waals surface area contributed by atoms with Crippen molar-refractivity contribution in [2.24, 2.45) is 0 Å². The maximum Gasteiger partial charge on any atom is 0.335 e. The molecule has 0 radical (unpaired) electrons. The zero-order valence-electron chi connectivity index (χ0n) is 8.82. The van der Waals surface area contributed by atoms with E-state index in [-0.39, 0.29) is 0 Å². The van der Waals surface area contributed by atoms with Gasteiger partial charge in [0, 0.05) is 17.4 Å². The van der Waals surface area contributed by atoms with E-state index in [9.17, 15) is 4.79 Å². The molecular weight excluding hydrogens is 204 g/mol. The normalized spacial score (nSPS) is 15.0. The van der Waals surface area contributed by atoms with E-state index in [4.69, 9.17) is 9.52 Å². The molecule has 82 valence electrons. The summed E-state index contributed by atoms with van der Waals surface area (Å²) in [7, 11) is 0. The van der Waals surface area contributed by atoms with Crippen LogP contribution in [-0.4, -0.2) is 11.1 Å². The highest BCUT2D eigenvalue weighted by Gasteiger charge is 2.18. The van der Waals surface area contributed by atoms with Gasteiger partial charge in [-0.15, -0.1) is 0 Å². The molecular formula is C13H12O3. The Hall–Kier alpha value is -1.77. The van der Waals surface area contributed by atoms with Crippen molar-refractivity contribution in [2.45, 2.75) is 25.7 Å². The van der Waals surface area contributed by atoms with Gasteiger partial charge in [-0.05, 0) is 37.5 Å². The Morgan fingerprint density at radius 2 is 2.06 bits per heavy atom. The summed E-state index contributed by atoms with van der Waals surface area (Å²) in [5.41, 5.74) is 2.36. The van der Waals surface area contributed by atoms with Gasteiger partial charge in [0.2, 0.25) is 0 Å². The molecule has 0 amide bonds. The summed E-state index contributed by atoms with van der Waals surface area (Å²) in [5, 5.41) is 9.94. The number of furan rings is 1. The topological polar surface area (TPSA) is 50.4 Å². The minimum absolute atomic E-state index is 0.335. The fourth-order valence-electron chi connectivity index (χ4n) is 2.40. The van der Waals surface area contributed by atoms with E-state index in [1.165, 1.54) is 18.4 Å². The number of carboxylic acid groups (broad SMARTS) is 1. The van der Waals surface area contributed by atoms with Crippen molar-refractivity contribution < 1.29 is 14.3 Å². The number of aryl methyl sites for hydroxylation is 2. The van der Waals surface area contributed by atoms with Gasteiger partial charge in [0.05, 0.1) is 5.56 Å². The molecule has 0 fully saturated rings. The van der Waals surface area contributed by atoms with Crippen molar-refractivity contribution in [3.8, 4) is 0 Å². The van der Waals surface area contributed by atoms with Crippen molar-refractivity contribution in [3.05, 3.63) is 35.1 Å². The number of hydrogen-bond donors (Lipinski definition) is 1. The number of carboxylic acids is 1. The minimum Gasteiger partial charge on any atom is -0.478 e. The summed E-state index contributed by atoms with van der Waals surface area (Å²) in [6, 6.07) is 5.09. The number of carbonyl (C=O) groups is 1. The molecule has 0 spiro atoms. The average Bonchev–Trinajstić information content (AvgIpc) is 2.66. The van der Waals surface area contributed by atoms with Gasteiger partial charge < -0.3 is 9.52 Å². The van der Waals surface area contributed by atoms with Gasteiger partial charge in [0.15, 0.2) is 0 Å². The smallest absolute Gasteiger partial charge is 0.335 e. The van der Waals surface area contributed by atoms with Crippen LogP contribution in [0.2, 0.25) is 0 Å². The number of benzene rings is 1. The summed E-state index contributed by atoms with van der Waals surface area (Å²) >= 11 is 0. The molecule has 0 unspecified atom stereocenters. The van der Waals surface area contributed by atoms with Gasteiger partial charge in [-0.1, -0.05) is 0 Å². The van der Waals surface area contributed by atoms with E-state index in [1.807, 2.05) is 0 Å². The second-order valence-corrected chi connectivity index (χ2v) is 4.23. The van der Waals surface area contributed by atoms with Crippen molar-refractivity contribution >= 4 is 16.9 Å². The van der Waals surface area contributed by atoms with Gasteiger partial charge in [-0.3, -0.25) is 0 Å². The SMILES string of the molecule is O=C(O)c1ccc2oc3c(c2c1)CCCC3. The molecule has 3 rings (SSSR count). The molecule has 0 atom stereocenters. The van der Waals surface area contributed by atoms with Crippen LogP contribution in [0.4, 0.5) is 0 Å².